The number of Topliss-reactive ketones (excluding diaryl/α,β-unsaturated/α-hetero) is 1. The minimum absolute atomic E-state index is 0.00309. The number of esters is 1. The van der Waals surface area contributed by atoms with Crippen LogP contribution in [-0.4, -0.2) is 44.2 Å². The summed E-state index contributed by atoms with van der Waals surface area (Å²) in [6.07, 6.45) is 0. The number of hydrogen-bond acceptors (Lipinski definition) is 6. The van der Waals surface area contributed by atoms with Crippen molar-refractivity contribution in [3.63, 3.8) is 0 Å². The lowest BCUT2D eigenvalue weighted by atomic mass is 10.2. The number of carbonyl (C=O) groups is 2. The number of ketones is 1. The van der Waals surface area contributed by atoms with Crippen LogP contribution in [0.5, 0.6) is 0 Å². The number of ether oxygens (including phenoxy) is 1. The number of sulfonamides is 1. The highest BCUT2D eigenvalue weighted by molar-refractivity contribution is 9.11. The highest BCUT2D eigenvalue weighted by Crippen LogP contribution is 2.23. The van der Waals surface area contributed by atoms with Crippen LogP contribution in [0.1, 0.15) is 33.9 Å². The first-order valence-electron chi connectivity index (χ1n) is 7.66. The van der Waals surface area contributed by atoms with Gasteiger partial charge in [-0.05, 0) is 60.1 Å². The van der Waals surface area contributed by atoms with Gasteiger partial charge in [0.15, 0.2) is 6.61 Å². The summed E-state index contributed by atoms with van der Waals surface area (Å²) >= 11 is 4.51. The van der Waals surface area contributed by atoms with Gasteiger partial charge in [-0.25, -0.2) is 13.2 Å². The molecule has 140 valence electrons. The van der Waals surface area contributed by atoms with E-state index in [4.69, 9.17) is 4.74 Å². The van der Waals surface area contributed by atoms with Gasteiger partial charge in [-0.15, -0.1) is 11.3 Å². The van der Waals surface area contributed by atoms with Crippen LogP contribution in [-0.2, 0) is 14.8 Å². The fourth-order valence-electron chi connectivity index (χ4n) is 1.98. The van der Waals surface area contributed by atoms with Gasteiger partial charge in [-0.3, -0.25) is 4.79 Å². The zero-order valence-corrected chi connectivity index (χ0v) is 17.7. The van der Waals surface area contributed by atoms with Crippen LogP contribution >= 0.6 is 27.3 Å². The summed E-state index contributed by atoms with van der Waals surface area (Å²) in [4.78, 5) is 24.6. The Morgan fingerprint density at radius 2 is 1.92 bits per heavy atom. The molecule has 0 aliphatic rings. The first-order chi connectivity index (χ1) is 12.1. The smallest absolute Gasteiger partial charge is 0.338 e. The van der Waals surface area contributed by atoms with Crippen LogP contribution in [0, 0.1) is 0 Å². The van der Waals surface area contributed by atoms with Gasteiger partial charge in [0.25, 0.3) is 0 Å². The molecule has 0 saturated carbocycles. The Morgan fingerprint density at radius 3 is 2.50 bits per heavy atom. The molecule has 0 N–H and O–H groups in total. The lowest BCUT2D eigenvalue weighted by Crippen LogP contribution is -2.33. The van der Waals surface area contributed by atoms with E-state index in [1.54, 1.807) is 26.0 Å². The summed E-state index contributed by atoms with van der Waals surface area (Å²) in [5.74, 6) is -1.07. The minimum atomic E-state index is -3.71. The molecule has 0 atom stereocenters. The van der Waals surface area contributed by atoms with Crippen molar-refractivity contribution in [3.05, 3.63) is 50.6 Å². The third-order valence-corrected chi connectivity index (χ3v) is 7.35. The second-order valence-corrected chi connectivity index (χ2v) is 10.2. The number of rotatable bonds is 7. The maximum Gasteiger partial charge on any atom is 0.338 e. The number of nitrogens with zero attached hydrogens (tertiary/aromatic N) is 1. The predicted octanol–water partition coefficient (Wildman–Crippen LogP) is 3.58. The molecule has 1 aromatic heterocycles. The lowest BCUT2D eigenvalue weighted by molar-refractivity contribution is 0.0475. The van der Waals surface area contributed by atoms with Crippen LogP contribution in [0.4, 0.5) is 0 Å². The van der Waals surface area contributed by atoms with E-state index >= 15 is 0 Å². The number of thiophene rings is 1. The molecule has 0 fully saturated rings. The molecule has 0 aliphatic carbocycles. The maximum atomic E-state index is 12.5. The average molecular weight is 460 g/mol. The van der Waals surface area contributed by atoms with Gasteiger partial charge in [0.05, 0.1) is 19.1 Å². The molecule has 0 spiro atoms. The van der Waals surface area contributed by atoms with Crippen molar-refractivity contribution in [2.45, 2.75) is 24.8 Å². The Labute approximate surface area is 165 Å². The molecule has 2 rings (SSSR count). The molecular weight excluding hydrogens is 442 g/mol. The number of benzene rings is 1. The predicted molar refractivity (Wildman–Crippen MR) is 103 cm³/mol. The van der Waals surface area contributed by atoms with Crippen LogP contribution in [0.2, 0.25) is 0 Å². The van der Waals surface area contributed by atoms with E-state index in [2.05, 4.69) is 15.9 Å². The van der Waals surface area contributed by atoms with Gasteiger partial charge in [0.2, 0.25) is 15.8 Å². The number of hydrogen-bond donors (Lipinski definition) is 0. The molecule has 26 heavy (non-hydrogen) atoms. The lowest BCUT2D eigenvalue weighted by Gasteiger charge is -2.21. The van der Waals surface area contributed by atoms with E-state index < -0.39 is 22.6 Å². The van der Waals surface area contributed by atoms with E-state index in [9.17, 15) is 18.0 Å². The first kappa shape index (κ1) is 20.8. The molecule has 0 aliphatic heterocycles. The zero-order valence-electron chi connectivity index (χ0n) is 14.4. The van der Waals surface area contributed by atoms with E-state index in [0.29, 0.717) is 4.88 Å². The molecule has 0 saturated heterocycles. The van der Waals surface area contributed by atoms with Crippen molar-refractivity contribution in [1.29, 1.82) is 0 Å². The van der Waals surface area contributed by atoms with Crippen molar-refractivity contribution in [2.24, 2.45) is 0 Å². The second kappa shape index (κ2) is 8.43. The fourth-order valence-corrected chi connectivity index (χ4v) is 4.70. The van der Waals surface area contributed by atoms with E-state index in [1.807, 2.05) is 0 Å². The van der Waals surface area contributed by atoms with Gasteiger partial charge < -0.3 is 4.74 Å². The monoisotopic (exact) mass is 459 g/mol. The zero-order chi connectivity index (χ0) is 19.5. The van der Waals surface area contributed by atoms with Crippen molar-refractivity contribution in [3.8, 4) is 0 Å². The van der Waals surface area contributed by atoms with Gasteiger partial charge in [-0.2, -0.15) is 4.31 Å². The van der Waals surface area contributed by atoms with Gasteiger partial charge in [0, 0.05) is 13.1 Å². The topological polar surface area (TPSA) is 80.8 Å². The van der Waals surface area contributed by atoms with Crippen molar-refractivity contribution in [1.82, 2.24) is 4.31 Å². The Hall–Kier alpha value is -1.55. The molecule has 0 radical (unpaired) electrons. The summed E-state index contributed by atoms with van der Waals surface area (Å²) in [7, 11) is -2.24. The van der Waals surface area contributed by atoms with Crippen LogP contribution in [0.15, 0.2) is 45.1 Å². The van der Waals surface area contributed by atoms with Crippen LogP contribution in [0.3, 0.4) is 0 Å². The van der Waals surface area contributed by atoms with Gasteiger partial charge in [0.1, 0.15) is 0 Å². The number of halogens is 1. The fraction of sp³-hybridized carbons (Fsp3) is 0.294. The summed E-state index contributed by atoms with van der Waals surface area (Å²) < 4.78 is 32.1. The van der Waals surface area contributed by atoms with Gasteiger partial charge >= 0.3 is 5.97 Å². The Morgan fingerprint density at radius 1 is 1.23 bits per heavy atom. The van der Waals surface area contributed by atoms with E-state index in [0.717, 1.165) is 3.79 Å². The maximum absolute atomic E-state index is 12.5. The molecule has 0 bridgehead atoms. The highest BCUT2D eigenvalue weighted by atomic mass is 79.9. The van der Waals surface area contributed by atoms with E-state index in [1.165, 1.54) is 47.0 Å². The Kier molecular flexibility index (Phi) is 6.73. The van der Waals surface area contributed by atoms with Crippen LogP contribution < -0.4 is 0 Å². The number of carbonyl (C=O) groups excluding carboxylic acids is 2. The molecule has 6 nitrogen and oxygen atoms in total. The standard InChI is InChI=1S/C17H18BrNO5S2/c1-11(2)19(3)26(22,23)13-6-4-5-12(9-13)17(21)24-10-14(20)15-7-8-16(18)25-15/h4-9,11H,10H2,1-3H3. The highest BCUT2D eigenvalue weighted by Gasteiger charge is 2.24. The van der Waals surface area contributed by atoms with Crippen molar-refractivity contribution < 1.29 is 22.7 Å². The third-order valence-electron chi connectivity index (χ3n) is 3.66. The Balaban J connectivity index is 2.12. The van der Waals surface area contributed by atoms with Crippen LogP contribution in [0.25, 0.3) is 0 Å². The van der Waals surface area contributed by atoms with E-state index in [-0.39, 0.29) is 22.3 Å². The van der Waals surface area contributed by atoms with Gasteiger partial charge in [-0.1, -0.05) is 6.07 Å². The van der Waals surface area contributed by atoms with Crippen molar-refractivity contribution in [2.75, 3.05) is 13.7 Å². The second-order valence-electron chi connectivity index (χ2n) is 5.75. The first-order valence-corrected chi connectivity index (χ1v) is 10.7. The molecule has 9 heteroatoms. The summed E-state index contributed by atoms with van der Waals surface area (Å²) in [5.41, 5.74) is 0.0726. The SMILES string of the molecule is CC(C)N(C)S(=O)(=O)c1cccc(C(=O)OCC(=O)c2ccc(Br)s2)c1. The third kappa shape index (κ3) is 4.79. The molecule has 0 unspecified atom stereocenters. The normalized spacial score (nSPS) is 11.8. The largest absolute Gasteiger partial charge is 0.454 e. The average Bonchev–Trinajstić information content (AvgIpc) is 3.05. The summed E-state index contributed by atoms with van der Waals surface area (Å²) in [6, 6.07) is 8.73. The molecule has 2 aromatic rings. The molecule has 0 amide bonds. The summed E-state index contributed by atoms with van der Waals surface area (Å²) in [5, 5.41) is 0. The Bertz CT molecular complexity index is 921. The minimum Gasteiger partial charge on any atom is -0.454 e. The molecule has 1 aromatic carbocycles. The summed E-state index contributed by atoms with van der Waals surface area (Å²) in [6.45, 7) is 3.10. The molecule has 1 heterocycles. The quantitative estimate of drug-likeness (QED) is 0.466. The van der Waals surface area contributed by atoms with Crippen molar-refractivity contribution >= 4 is 49.0 Å². The molecular formula is C17H18BrNO5S2.